The topological polar surface area (TPSA) is 62.0 Å². The monoisotopic (exact) mass is 374 g/mol. The summed E-state index contributed by atoms with van der Waals surface area (Å²) in [5.41, 5.74) is 4.80. The van der Waals surface area contributed by atoms with E-state index in [1.165, 1.54) is 0 Å². The lowest BCUT2D eigenvalue weighted by Crippen LogP contribution is -2.18. The number of aromatic nitrogens is 2. The van der Waals surface area contributed by atoms with E-state index in [1.807, 2.05) is 72.8 Å². The van der Waals surface area contributed by atoms with Crippen LogP contribution in [0, 0.1) is 0 Å². The fraction of sp³-hybridized carbons (Fsp3) is 0.0476. The first-order valence-corrected chi connectivity index (χ1v) is 8.89. The zero-order valence-electron chi connectivity index (χ0n) is 14.7. The number of hydrogen-bond donors (Lipinski definition) is 3. The van der Waals surface area contributed by atoms with Crippen molar-refractivity contribution in [2.24, 2.45) is 0 Å². The minimum absolute atomic E-state index is 0.525. The Morgan fingerprint density at radius 1 is 0.889 bits per heavy atom. The van der Waals surface area contributed by atoms with Crippen molar-refractivity contribution >= 4 is 39.7 Å². The predicted molar refractivity (Wildman–Crippen MR) is 114 cm³/mol. The first-order chi connectivity index (χ1) is 13.2. The summed E-state index contributed by atoms with van der Waals surface area (Å²) in [5.74, 6) is 1.65. The Morgan fingerprint density at radius 2 is 1.52 bits per heavy atom. The van der Waals surface area contributed by atoms with Gasteiger partial charge in [0, 0.05) is 16.9 Å². The predicted octanol–water partition coefficient (Wildman–Crippen LogP) is 5.05. The van der Waals surface area contributed by atoms with Crippen LogP contribution in [-0.4, -0.2) is 22.2 Å². The van der Waals surface area contributed by atoms with Crippen LogP contribution >= 0.6 is 12.2 Å². The molecule has 0 saturated carbocycles. The summed E-state index contributed by atoms with van der Waals surface area (Å²) in [4.78, 5) is 7.95. The molecule has 5 nitrogen and oxygen atoms in total. The van der Waals surface area contributed by atoms with Crippen LogP contribution in [0.4, 0.5) is 11.4 Å². The van der Waals surface area contributed by atoms with Crippen molar-refractivity contribution in [1.29, 1.82) is 0 Å². The van der Waals surface area contributed by atoms with Crippen molar-refractivity contribution in [3.8, 4) is 17.1 Å². The molecule has 0 atom stereocenters. The number of nitrogens with one attached hydrogen (secondary N) is 3. The molecule has 1 aromatic heterocycles. The van der Waals surface area contributed by atoms with Gasteiger partial charge in [0.15, 0.2) is 5.11 Å². The van der Waals surface area contributed by atoms with Gasteiger partial charge in [-0.1, -0.05) is 12.1 Å². The Hall–Kier alpha value is -3.38. The highest BCUT2D eigenvalue weighted by Crippen LogP contribution is 2.22. The molecule has 4 aromatic rings. The molecule has 0 saturated heterocycles. The number of nitrogens with zero attached hydrogens (tertiary/aromatic N) is 1. The fourth-order valence-corrected chi connectivity index (χ4v) is 3.00. The minimum Gasteiger partial charge on any atom is -0.497 e. The van der Waals surface area contributed by atoms with Crippen LogP contribution in [-0.2, 0) is 0 Å². The number of para-hydroxylation sites is 2. The Bertz CT molecular complexity index is 1040. The number of methoxy groups -OCH3 is 1. The van der Waals surface area contributed by atoms with Crippen LogP contribution in [0.25, 0.3) is 22.4 Å². The maximum atomic E-state index is 5.38. The van der Waals surface area contributed by atoms with Crippen LogP contribution in [0.3, 0.4) is 0 Å². The molecule has 0 aliphatic carbocycles. The van der Waals surface area contributed by atoms with E-state index in [0.29, 0.717) is 5.11 Å². The third kappa shape index (κ3) is 3.91. The van der Waals surface area contributed by atoms with E-state index in [2.05, 4.69) is 20.6 Å². The van der Waals surface area contributed by atoms with Crippen LogP contribution in [0.2, 0.25) is 0 Å². The number of rotatable bonds is 4. The number of ether oxygens (including phenoxy) is 1. The molecule has 0 aliphatic heterocycles. The van der Waals surface area contributed by atoms with Gasteiger partial charge in [0.05, 0.1) is 18.1 Å². The number of benzene rings is 3. The van der Waals surface area contributed by atoms with Crippen LogP contribution in [0.15, 0.2) is 72.8 Å². The summed E-state index contributed by atoms with van der Waals surface area (Å²) in [7, 11) is 1.64. The van der Waals surface area contributed by atoms with Crippen molar-refractivity contribution in [1.82, 2.24) is 9.97 Å². The molecular weight excluding hydrogens is 356 g/mol. The second-order valence-electron chi connectivity index (χ2n) is 5.99. The summed E-state index contributed by atoms with van der Waals surface area (Å²) in [6.45, 7) is 0. The lowest BCUT2D eigenvalue weighted by atomic mass is 10.2. The summed E-state index contributed by atoms with van der Waals surface area (Å²) in [6.07, 6.45) is 0. The number of H-pyrrole nitrogens is 1. The molecule has 4 rings (SSSR count). The molecule has 0 radical (unpaired) electrons. The maximum Gasteiger partial charge on any atom is 0.175 e. The van der Waals surface area contributed by atoms with Gasteiger partial charge in [0.1, 0.15) is 11.6 Å². The molecule has 0 bridgehead atoms. The highest BCUT2D eigenvalue weighted by molar-refractivity contribution is 7.80. The third-order valence-corrected chi connectivity index (χ3v) is 4.36. The van der Waals surface area contributed by atoms with E-state index in [0.717, 1.165) is 39.5 Å². The van der Waals surface area contributed by atoms with Gasteiger partial charge in [-0.2, -0.15) is 0 Å². The molecule has 27 heavy (non-hydrogen) atoms. The zero-order chi connectivity index (χ0) is 18.6. The van der Waals surface area contributed by atoms with Gasteiger partial charge < -0.3 is 20.4 Å². The molecule has 0 unspecified atom stereocenters. The van der Waals surface area contributed by atoms with Gasteiger partial charge in [0.25, 0.3) is 0 Å². The molecule has 0 fully saturated rings. The molecule has 3 aromatic carbocycles. The minimum atomic E-state index is 0.525. The van der Waals surface area contributed by atoms with E-state index >= 15 is 0 Å². The molecule has 0 aliphatic rings. The lowest BCUT2D eigenvalue weighted by Gasteiger charge is -2.11. The third-order valence-electron chi connectivity index (χ3n) is 4.15. The summed E-state index contributed by atoms with van der Waals surface area (Å²) < 4.78 is 5.15. The normalized spacial score (nSPS) is 10.6. The Balaban J connectivity index is 1.43. The second kappa shape index (κ2) is 7.47. The smallest absolute Gasteiger partial charge is 0.175 e. The van der Waals surface area contributed by atoms with Crippen LogP contribution in [0.1, 0.15) is 0 Å². The Kier molecular flexibility index (Phi) is 4.72. The van der Waals surface area contributed by atoms with Gasteiger partial charge in [-0.25, -0.2) is 4.98 Å². The molecule has 0 spiro atoms. The first kappa shape index (κ1) is 17.1. The highest BCUT2D eigenvalue weighted by atomic mass is 32.1. The standard InChI is InChI=1S/C21H18N4OS/c1-26-17-12-10-16(11-13-17)23-21(27)22-15-8-6-14(7-9-15)20-24-18-4-2-3-5-19(18)25-20/h2-13H,1H3,(H,24,25)(H2,22,23,27). The van der Waals surface area contributed by atoms with Gasteiger partial charge in [-0.15, -0.1) is 0 Å². The van der Waals surface area contributed by atoms with Crippen LogP contribution in [0.5, 0.6) is 5.75 Å². The SMILES string of the molecule is COc1ccc(NC(=S)Nc2ccc(-c3nc4ccccc4[nH]3)cc2)cc1. The molecule has 134 valence electrons. The molecule has 6 heteroatoms. The van der Waals surface area contributed by atoms with E-state index < -0.39 is 0 Å². The van der Waals surface area contributed by atoms with Crippen LogP contribution < -0.4 is 15.4 Å². The zero-order valence-corrected chi connectivity index (χ0v) is 15.5. The molecular formula is C21H18N4OS. The molecule has 1 heterocycles. The van der Waals surface area contributed by atoms with E-state index in [-0.39, 0.29) is 0 Å². The number of anilines is 2. The Morgan fingerprint density at radius 3 is 2.15 bits per heavy atom. The van der Waals surface area contributed by atoms with Crippen molar-refractivity contribution in [2.45, 2.75) is 0 Å². The number of aromatic amines is 1. The number of fused-ring (bicyclic) bond motifs is 1. The van der Waals surface area contributed by atoms with E-state index in [1.54, 1.807) is 7.11 Å². The largest absolute Gasteiger partial charge is 0.497 e. The first-order valence-electron chi connectivity index (χ1n) is 8.48. The highest BCUT2D eigenvalue weighted by Gasteiger charge is 2.05. The Labute approximate surface area is 162 Å². The van der Waals surface area contributed by atoms with E-state index in [9.17, 15) is 0 Å². The summed E-state index contributed by atoms with van der Waals surface area (Å²) in [6, 6.07) is 23.6. The van der Waals surface area contributed by atoms with Gasteiger partial charge in [-0.3, -0.25) is 0 Å². The van der Waals surface area contributed by atoms with Gasteiger partial charge >= 0.3 is 0 Å². The van der Waals surface area contributed by atoms with Crippen molar-refractivity contribution in [2.75, 3.05) is 17.7 Å². The summed E-state index contributed by atoms with van der Waals surface area (Å²) in [5, 5.41) is 6.86. The number of hydrogen-bond acceptors (Lipinski definition) is 3. The van der Waals surface area contributed by atoms with Gasteiger partial charge in [0.2, 0.25) is 0 Å². The average Bonchev–Trinajstić information content (AvgIpc) is 3.13. The molecule has 0 amide bonds. The quantitative estimate of drug-likeness (QED) is 0.437. The second-order valence-corrected chi connectivity index (χ2v) is 6.40. The number of thiocarbonyl (C=S) groups is 1. The molecule has 3 N–H and O–H groups in total. The maximum absolute atomic E-state index is 5.38. The van der Waals surface area contributed by atoms with Crippen molar-refractivity contribution in [3.63, 3.8) is 0 Å². The van der Waals surface area contributed by atoms with Crippen molar-refractivity contribution < 1.29 is 4.74 Å². The lowest BCUT2D eigenvalue weighted by molar-refractivity contribution is 0.415. The van der Waals surface area contributed by atoms with Gasteiger partial charge in [-0.05, 0) is 72.9 Å². The van der Waals surface area contributed by atoms with Crippen molar-refractivity contribution in [3.05, 3.63) is 72.8 Å². The van der Waals surface area contributed by atoms with E-state index in [4.69, 9.17) is 17.0 Å². The number of imidazole rings is 1. The fourth-order valence-electron chi connectivity index (χ4n) is 2.77. The average molecular weight is 374 g/mol. The summed E-state index contributed by atoms with van der Waals surface area (Å²) >= 11 is 5.38.